The monoisotopic (exact) mass is 444 g/mol. The molecule has 1 fully saturated rings. The van der Waals surface area contributed by atoms with E-state index in [4.69, 9.17) is 9.47 Å². The van der Waals surface area contributed by atoms with E-state index in [9.17, 15) is 22.8 Å². The second-order valence-corrected chi connectivity index (χ2v) is 7.78. The summed E-state index contributed by atoms with van der Waals surface area (Å²) < 4.78 is 52.3. The second-order valence-electron chi connectivity index (χ2n) is 7.78. The van der Waals surface area contributed by atoms with Gasteiger partial charge in [-0.1, -0.05) is 0 Å². The molecule has 0 aromatic heterocycles. The van der Waals surface area contributed by atoms with Crippen LogP contribution in [0.5, 0.6) is 11.5 Å². The van der Waals surface area contributed by atoms with Crippen molar-refractivity contribution in [3.8, 4) is 11.5 Å². The molecule has 0 spiro atoms. The normalized spacial score (nSPS) is 18.9. The first-order chi connectivity index (χ1) is 14.7. The third-order valence-corrected chi connectivity index (χ3v) is 5.32. The molecule has 0 bridgehead atoms. The summed E-state index contributed by atoms with van der Waals surface area (Å²) in [5, 5.41) is 2.90. The Hall–Kier alpha value is -2.65. The molecule has 2 amide bonds. The van der Waals surface area contributed by atoms with Gasteiger partial charge in [0.05, 0.1) is 6.61 Å². The highest BCUT2D eigenvalue weighted by Crippen LogP contribution is 2.35. The second kappa shape index (κ2) is 9.65. The highest BCUT2D eigenvalue weighted by atomic mass is 19.4. The van der Waals surface area contributed by atoms with E-state index in [0.29, 0.717) is 25.2 Å². The maximum Gasteiger partial charge on any atom is 0.422 e. The molecule has 2 aliphatic rings. The van der Waals surface area contributed by atoms with Gasteiger partial charge < -0.3 is 24.4 Å². The van der Waals surface area contributed by atoms with E-state index >= 15 is 0 Å². The van der Waals surface area contributed by atoms with Crippen LogP contribution in [0.25, 0.3) is 0 Å². The van der Waals surface area contributed by atoms with Gasteiger partial charge >= 0.3 is 12.3 Å². The fraction of sp³-hybridized carbons (Fsp3) is 0.619. The number of halogens is 3. The standard InChI is InChI=1S/C21H27F3N2O5/c1-3-29-17-9-15-8-13(2)31-18(15)10-16(17)11-25-19(27)14-4-6-26(7-5-14)20(28)30-12-21(22,23)24/h9-10,13-14H,3-8,11-12H2,1-2H3,(H,25,27). The van der Waals surface area contributed by atoms with Crippen molar-refractivity contribution in [3.05, 3.63) is 23.3 Å². The molecule has 0 radical (unpaired) electrons. The minimum absolute atomic E-state index is 0.0994. The predicted octanol–water partition coefficient (Wildman–Crippen LogP) is 3.44. The Labute approximate surface area is 178 Å². The van der Waals surface area contributed by atoms with E-state index in [2.05, 4.69) is 10.1 Å². The van der Waals surface area contributed by atoms with Gasteiger partial charge in [0.25, 0.3) is 0 Å². The first-order valence-corrected chi connectivity index (χ1v) is 10.4. The van der Waals surface area contributed by atoms with Crippen molar-refractivity contribution in [1.82, 2.24) is 10.2 Å². The molecular formula is C21H27F3N2O5. The van der Waals surface area contributed by atoms with Crippen molar-refractivity contribution in [1.29, 1.82) is 0 Å². The van der Waals surface area contributed by atoms with Gasteiger partial charge in [0, 0.05) is 43.1 Å². The van der Waals surface area contributed by atoms with E-state index in [1.807, 2.05) is 26.0 Å². The summed E-state index contributed by atoms with van der Waals surface area (Å²) in [7, 11) is 0. The van der Waals surface area contributed by atoms with Gasteiger partial charge in [0.2, 0.25) is 5.91 Å². The number of benzene rings is 1. The number of hydrogen-bond acceptors (Lipinski definition) is 5. The number of amides is 2. The van der Waals surface area contributed by atoms with E-state index in [0.717, 1.165) is 23.3 Å². The summed E-state index contributed by atoms with van der Waals surface area (Å²) in [6, 6.07) is 3.85. The molecule has 1 aromatic carbocycles. The predicted molar refractivity (Wildman–Crippen MR) is 105 cm³/mol. The molecule has 3 rings (SSSR count). The maximum atomic E-state index is 12.6. The first-order valence-electron chi connectivity index (χ1n) is 10.4. The first kappa shape index (κ1) is 23.0. The number of ether oxygens (including phenoxy) is 3. The van der Waals surface area contributed by atoms with Crippen LogP contribution in [0.3, 0.4) is 0 Å². The Balaban J connectivity index is 1.51. The topological polar surface area (TPSA) is 77.1 Å². The molecule has 0 aliphatic carbocycles. The molecular weight excluding hydrogens is 417 g/mol. The zero-order chi connectivity index (χ0) is 22.6. The molecule has 31 heavy (non-hydrogen) atoms. The van der Waals surface area contributed by atoms with Crippen molar-refractivity contribution >= 4 is 12.0 Å². The number of carbonyl (C=O) groups excluding carboxylic acids is 2. The van der Waals surface area contributed by atoms with Crippen LogP contribution in [0, 0.1) is 5.92 Å². The van der Waals surface area contributed by atoms with Crippen LogP contribution < -0.4 is 14.8 Å². The average Bonchev–Trinajstić information content (AvgIpc) is 3.08. The SMILES string of the molecule is CCOc1cc2c(cc1CNC(=O)C1CCN(C(=O)OCC(F)(F)F)CC1)OC(C)C2. The lowest BCUT2D eigenvalue weighted by molar-refractivity contribution is -0.162. The van der Waals surface area contributed by atoms with Crippen LogP contribution in [0.15, 0.2) is 12.1 Å². The van der Waals surface area contributed by atoms with Gasteiger partial charge in [0.1, 0.15) is 17.6 Å². The summed E-state index contributed by atoms with van der Waals surface area (Å²) in [5.74, 6) is 1.01. The Morgan fingerprint density at radius 1 is 1.26 bits per heavy atom. The van der Waals surface area contributed by atoms with Gasteiger partial charge in [-0.2, -0.15) is 13.2 Å². The van der Waals surface area contributed by atoms with Gasteiger partial charge in [-0.25, -0.2) is 4.79 Å². The Morgan fingerprint density at radius 3 is 2.61 bits per heavy atom. The number of nitrogens with zero attached hydrogens (tertiary/aromatic N) is 1. The van der Waals surface area contributed by atoms with E-state index in [1.165, 1.54) is 4.90 Å². The summed E-state index contributed by atoms with van der Waals surface area (Å²) in [6.07, 6.45) is -3.94. The molecule has 1 N–H and O–H groups in total. The lowest BCUT2D eigenvalue weighted by Crippen LogP contribution is -2.43. The van der Waals surface area contributed by atoms with Gasteiger partial charge in [-0.15, -0.1) is 0 Å². The molecule has 7 nitrogen and oxygen atoms in total. The molecule has 2 aliphatic heterocycles. The molecule has 1 aromatic rings. The Bertz CT molecular complexity index is 807. The summed E-state index contributed by atoms with van der Waals surface area (Å²) in [6.45, 7) is 3.38. The fourth-order valence-electron chi connectivity index (χ4n) is 3.80. The van der Waals surface area contributed by atoms with Gasteiger partial charge in [-0.05, 0) is 38.8 Å². The smallest absolute Gasteiger partial charge is 0.422 e. The van der Waals surface area contributed by atoms with Crippen LogP contribution in [0.2, 0.25) is 0 Å². The highest BCUT2D eigenvalue weighted by Gasteiger charge is 2.33. The van der Waals surface area contributed by atoms with Crippen molar-refractivity contribution < 1.29 is 37.0 Å². The van der Waals surface area contributed by atoms with Gasteiger partial charge in [0.15, 0.2) is 6.61 Å². The number of nitrogens with one attached hydrogen (secondary N) is 1. The summed E-state index contributed by atoms with van der Waals surface area (Å²) >= 11 is 0. The zero-order valence-corrected chi connectivity index (χ0v) is 17.6. The summed E-state index contributed by atoms with van der Waals surface area (Å²) in [5.41, 5.74) is 1.90. The lowest BCUT2D eigenvalue weighted by Gasteiger charge is -2.30. The maximum absolute atomic E-state index is 12.6. The van der Waals surface area contributed by atoms with Crippen molar-refractivity contribution in [3.63, 3.8) is 0 Å². The minimum Gasteiger partial charge on any atom is -0.494 e. The van der Waals surface area contributed by atoms with Crippen molar-refractivity contribution in [2.75, 3.05) is 26.3 Å². The molecule has 1 unspecified atom stereocenters. The molecule has 10 heteroatoms. The molecule has 1 saturated heterocycles. The fourth-order valence-corrected chi connectivity index (χ4v) is 3.80. The number of fused-ring (bicyclic) bond motifs is 1. The number of rotatable bonds is 6. The number of hydrogen-bond donors (Lipinski definition) is 1. The highest BCUT2D eigenvalue weighted by molar-refractivity contribution is 5.79. The molecule has 0 saturated carbocycles. The molecule has 2 heterocycles. The quantitative estimate of drug-likeness (QED) is 0.728. The van der Waals surface area contributed by atoms with E-state index in [1.54, 1.807) is 0 Å². The Morgan fingerprint density at radius 2 is 1.97 bits per heavy atom. The van der Waals surface area contributed by atoms with Crippen molar-refractivity contribution in [2.24, 2.45) is 5.92 Å². The van der Waals surface area contributed by atoms with Gasteiger partial charge in [-0.3, -0.25) is 4.79 Å². The van der Waals surface area contributed by atoms with Crippen LogP contribution in [-0.2, 0) is 22.5 Å². The van der Waals surface area contributed by atoms with E-state index < -0.39 is 18.9 Å². The molecule has 172 valence electrons. The lowest BCUT2D eigenvalue weighted by atomic mass is 9.96. The number of alkyl halides is 3. The number of piperidine rings is 1. The third kappa shape index (κ3) is 6.18. The van der Waals surface area contributed by atoms with Crippen LogP contribution in [0.1, 0.15) is 37.8 Å². The number of likely N-dealkylation sites (tertiary alicyclic amines) is 1. The minimum atomic E-state index is -4.56. The number of carbonyl (C=O) groups is 2. The van der Waals surface area contributed by atoms with E-state index in [-0.39, 0.29) is 37.6 Å². The summed E-state index contributed by atoms with van der Waals surface area (Å²) in [4.78, 5) is 25.5. The van der Waals surface area contributed by atoms with Crippen molar-refractivity contribution in [2.45, 2.75) is 51.9 Å². The Kier molecular flexibility index (Phi) is 7.17. The zero-order valence-electron chi connectivity index (χ0n) is 17.6. The largest absolute Gasteiger partial charge is 0.494 e. The van der Waals surface area contributed by atoms with Crippen LogP contribution in [0.4, 0.5) is 18.0 Å². The average molecular weight is 444 g/mol. The van der Waals surface area contributed by atoms with Crippen LogP contribution >= 0.6 is 0 Å². The third-order valence-electron chi connectivity index (χ3n) is 5.32. The molecule has 1 atom stereocenters. The van der Waals surface area contributed by atoms with Crippen LogP contribution in [-0.4, -0.2) is 55.5 Å².